The standard InChI is InChI=1S/C14H17NO4/c1-13(2)18-11(16)14(3,12(17)19-13)8-9-4-6-10(15)7-5-9/h4-7H,8,15H2,1-3H3. The zero-order chi connectivity index (χ0) is 14.3. The van der Waals surface area contributed by atoms with Crippen molar-refractivity contribution in [2.75, 3.05) is 5.73 Å². The summed E-state index contributed by atoms with van der Waals surface area (Å²) in [6.45, 7) is 4.60. The molecule has 0 unspecified atom stereocenters. The molecule has 5 heteroatoms. The number of carbonyl (C=O) groups excluding carboxylic acids is 2. The second kappa shape index (κ2) is 4.26. The van der Waals surface area contributed by atoms with Gasteiger partial charge in [-0.15, -0.1) is 0 Å². The maximum absolute atomic E-state index is 12.1. The minimum Gasteiger partial charge on any atom is -0.422 e. The number of ether oxygens (including phenoxy) is 2. The maximum Gasteiger partial charge on any atom is 0.326 e. The van der Waals surface area contributed by atoms with E-state index < -0.39 is 23.1 Å². The number of nitrogens with two attached hydrogens (primary N) is 1. The summed E-state index contributed by atoms with van der Waals surface area (Å²) in [6, 6.07) is 7.01. The minimum absolute atomic E-state index is 0.223. The lowest BCUT2D eigenvalue weighted by molar-refractivity contribution is -0.249. The number of rotatable bonds is 2. The van der Waals surface area contributed by atoms with E-state index in [1.807, 2.05) is 0 Å². The quantitative estimate of drug-likeness (QED) is 0.498. The van der Waals surface area contributed by atoms with Crippen LogP contribution in [0.3, 0.4) is 0 Å². The zero-order valence-corrected chi connectivity index (χ0v) is 11.2. The smallest absolute Gasteiger partial charge is 0.326 e. The van der Waals surface area contributed by atoms with Gasteiger partial charge in [0.05, 0.1) is 0 Å². The Kier molecular flexibility index (Phi) is 3.00. The van der Waals surface area contributed by atoms with Crippen molar-refractivity contribution >= 4 is 17.6 Å². The van der Waals surface area contributed by atoms with Crippen molar-refractivity contribution in [3.05, 3.63) is 29.8 Å². The third-order valence-electron chi connectivity index (χ3n) is 3.12. The van der Waals surface area contributed by atoms with E-state index in [0.717, 1.165) is 5.56 Å². The Labute approximate surface area is 111 Å². The number of nitrogen functional groups attached to an aromatic ring is 1. The first kappa shape index (κ1) is 13.4. The first-order valence-corrected chi connectivity index (χ1v) is 6.04. The van der Waals surface area contributed by atoms with Crippen LogP contribution in [0.15, 0.2) is 24.3 Å². The monoisotopic (exact) mass is 263 g/mol. The molecule has 1 aliphatic heterocycles. The lowest BCUT2D eigenvalue weighted by Gasteiger charge is -2.38. The van der Waals surface area contributed by atoms with E-state index in [1.54, 1.807) is 24.3 Å². The van der Waals surface area contributed by atoms with Crippen LogP contribution >= 0.6 is 0 Å². The molecule has 0 bridgehead atoms. The number of esters is 2. The van der Waals surface area contributed by atoms with Gasteiger partial charge in [0.15, 0.2) is 5.41 Å². The number of benzene rings is 1. The second-order valence-electron chi connectivity index (χ2n) is 5.43. The molecule has 1 aromatic rings. The molecule has 1 saturated heterocycles. The fraction of sp³-hybridized carbons (Fsp3) is 0.429. The van der Waals surface area contributed by atoms with E-state index >= 15 is 0 Å². The molecule has 0 spiro atoms. The predicted octanol–water partition coefficient (Wildman–Crippen LogP) is 1.65. The molecule has 1 heterocycles. The molecule has 102 valence electrons. The minimum atomic E-state index is -1.31. The number of hydrogen-bond acceptors (Lipinski definition) is 5. The summed E-state index contributed by atoms with van der Waals surface area (Å²) < 4.78 is 10.3. The topological polar surface area (TPSA) is 78.6 Å². The van der Waals surface area contributed by atoms with Crippen LogP contribution in [0.4, 0.5) is 5.69 Å². The van der Waals surface area contributed by atoms with Crippen molar-refractivity contribution in [2.45, 2.75) is 33.0 Å². The molecular formula is C14H17NO4. The van der Waals surface area contributed by atoms with Gasteiger partial charge in [-0.05, 0) is 31.0 Å². The predicted molar refractivity (Wildman–Crippen MR) is 68.9 cm³/mol. The number of anilines is 1. The molecule has 5 nitrogen and oxygen atoms in total. The van der Waals surface area contributed by atoms with Crippen LogP contribution in [0.1, 0.15) is 26.3 Å². The van der Waals surface area contributed by atoms with Gasteiger partial charge in [0, 0.05) is 19.5 Å². The highest BCUT2D eigenvalue weighted by molar-refractivity contribution is 6.01. The van der Waals surface area contributed by atoms with E-state index in [1.165, 1.54) is 20.8 Å². The Morgan fingerprint density at radius 3 is 1.95 bits per heavy atom. The third-order valence-corrected chi connectivity index (χ3v) is 3.12. The fourth-order valence-corrected chi connectivity index (χ4v) is 1.96. The molecule has 0 amide bonds. The Morgan fingerprint density at radius 2 is 1.47 bits per heavy atom. The van der Waals surface area contributed by atoms with Crippen LogP contribution in [-0.4, -0.2) is 17.7 Å². The molecule has 0 saturated carbocycles. The number of hydrogen-bond donors (Lipinski definition) is 1. The van der Waals surface area contributed by atoms with Gasteiger partial charge in [0.25, 0.3) is 5.79 Å². The number of cyclic esters (lactones) is 2. The van der Waals surface area contributed by atoms with Gasteiger partial charge in [-0.25, -0.2) is 0 Å². The number of carbonyl (C=O) groups is 2. The van der Waals surface area contributed by atoms with Crippen LogP contribution < -0.4 is 5.73 Å². The van der Waals surface area contributed by atoms with Crippen molar-refractivity contribution in [3.8, 4) is 0 Å². The van der Waals surface area contributed by atoms with Crippen molar-refractivity contribution in [3.63, 3.8) is 0 Å². The van der Waals surface area contributed by atoms with Crippen molar-refractivity contribution in [2.24, 2.45) is 5.41 Å². The average Bonchev–Trinajstić information content (AvgIpc) is 2.29. The van der Waals surface area contributed by atoms with Crippen molar-refractivity contribution in [1.82, 2.24) is 0 Å². The van der Waals surface area contributed by atoms with E-state index in [2.05, 4.69) is 0 Å². The normalized spacial score (nSPS) is 20.6. The second-order valence-corrected chi connectivity index (χ2v) is 5.43. The highest BCUT2D eigenvalue weighted by atomic mass is 16.7. The van der Waals surface area contributed by atoms with Gasteiger partial charge in [0.1, 0.15) is 0 Å². The van der Waals surface area contributed by atoms with Gasteiger partial charge in [-0.1, -0.05) is 12.1 Å². The summed E-state index contributed by atoms with van der Waals surface area (Å²) in [6.07, 6.45) is 0.223. The zero-order valence-electron chi connectivity index (χ0n) is 11.2. The fourth-order valence-electron chi connectivity index (χ4n) is 1.96. The summed E-state index contributed by atoms with van der Waals surface area (Å²) in [7, 11) is 0. The summed E-state index contributed by atoms with van der Waals surface area (Å²) in [5.41, 5.74) is 5.74. The maximum atomic E-state index is 12.1. The van der Waals surface area contributed by atoms with E-state index in [0.29, 0.717) is 5.69 Å². The molecule has 1 fully saturated rings. The summed E-state index contributed by atoms with van der Waals surface area (Å²) in [5, 5.41) is 0. The molecule has 0 radical (unpaired) electrons. The molecule has 0 aromatic heterocycles. The van der Waals surface area contributed by atoms with Gasteiger partial charge in [-0.3, -0.25) is 9.59 Å². The Hall–Kier alpha value is -2.04. The SMILES string of the molecule is CC1(C)OC(=O)C(C)(Cc2ccc(N)cc2)C(=O)O1. The Balaban J connectivity index is 2.25. The molecule has 0 aliphatic carbocycles. The van der Waals surface area contributed by atoms with Gasteiger partial charge < -0.3 is 15.2 Å². The summed E-state index contributed by atoms with van der Waals surface area (Å²) in [5.74, 6) is -2.33. The average molecular weight is 263 g/mol. The van der Waals surface area contributed by atoms with Gasteiger partial charge in [0.2, 0.25) is 0 Å². The Bertz CT molecular complexity index is 499. The van der Waals surface area contributed by atoms with E-state index in [9.17, 15) is 9.59 Å². The van der Waals surface area contributed by atoms with Crippen LogP contribution in [0.25, 0.3) is 0 Å². The summed E-state index contributed by atoms with van der Waals surface area (Å²) >= 11 is 0. The first-order chi connectivity index (χ1) is 8.73. The lowest BCUT2D eigenvalue weighted by Crippen LogP contribution is -2.53. The van der Waals surface area contributed by atoms with Crippen LogP contribution in [-0.2, 0) is 25.5 Å². The van der Waals surface area contributed by atoms with Crippen LogP contribution in [0.5, 0.6) is 0 Å². The van der Waals surface area contributed by atoms with E-state index in [4.69, 9.17) is 15.2 Å². The molecule has 19 heavy (non-hydrogen) atoms. The van der Waals surface area contributed by atoms with E-state index in [-0.39, 0.29) is 6.42 Å². The van der Waals surface area contributed by atoms with Gasteiger partial charge in [-0.2, -0.15) is 0 Å². The molecule has 2 N–H and O–H groups in total. The highest BCUT2D eigenvalue weighted by Gasteiger charge is 2.52. The first-order valence-electron chi connectivity index (χ1n) is 6.04. The van der Waals surface area contributed by atoms with Crippen LogP contribution in [0, 0.1) is 5.41 Å². The van der Waals surface area contributed by atoms with Gasteiger partial charge >= 0.3 is 11.9 Å². The molecular weight excluding hydrogens is 246 g/mol. The lowest BCUT2D eigenvalue weighted by atomic mass is 9.82. The van der Waals surface area contributed by atoms with Crippen molar-refractivity contribution in [1.29, 1.82) is 0 Å². The van der Waals surface area contributed by atoms with Crippen molar-refractivity contribution < 1.29 is 19.1 Å². The molecule has 0 atom stereocenters. The van der Waals surface area contributed by atoms with Crippen LogP contribution in [0.2, 0.25) is 0 Å². The largest absolute Gasteiger partial charge is 0.422 e. The Morgan fingerprint density at radius 1 is 1.00 bits per heavy atom. The molecule has 1 aliphatic rings. The molecule has 2 rings (SSSR count). The molecule has 1 aromatic carbocycles. The highest BCUT2D eigenvalue weighted by Crippen LogP contribution is 2.35. The summed E-state index contributed by atoms with van der Waals surface area (Å²) in [4.78, 5) is 24.1. The third kappa shape index (κ3) is 2.54.